The van der Waals surface area contributed by atoms with E-state index in [1.807, 2.05) is 164 Å². The van der Waals surface area contributed by atoms with Crippen molar-refractivity contribution in [3.05, 3.63) is 187 Å². The van der Waals surface area contributed by atoms with Crippen molar-refractivity contribution < 1.29 is 62.0 Å². The molecule has 0 atom stereocenters. The van der Waals surface area contributed by atoms with Crippen LogP contribution in [0, 0.1) is 0 Å². The fourth-order valence-electron chi connectivity index (χ4n) is 5.57. The van der Waals surface area contributed by atoms with Gasteiger partial charge in [0.2, 0.25) is 35.7 Å². The zero-order chi connectivity index (χ0) is 37.1. The maximum absolute atomic E-state index is 4.95. The molecule has 6 aromatic carbocycles. The molecular weight excluding hydrogens is 729 g/mol. The van der Waals surface area contributed by atoms with Crippen molar-refractivity contribution in [1.82, 2.24) is 29.9 Å². The van der Waals surface area contributed by atoms with Crippen molar-refractivity contribution in [1.29, 1.82) is 0 Å². The molecule has 0 saturated carbocycles. The number of rotatable bonds is 13. The number of nitrogens with zero attached hydrogens (tertiary/aromatic N) is 7. The van der Waals surface area contributed by atoms with E-state index in [1.165, 1.54) is 0 Å². The molecule has 270 valence electrons. The fraction of sp³-hybridized carbons (Fsp3) is 0. The largest absolute Gasteiger partial charge is 1.00 e. The standard InChI is InChI=1S/C44H35N11.2Na.2H/c1-6-16-32(17-7-1)26-27-33-28-30-38(31-29-33)55(43-51-39(45-34-18-8-2-9-19-34)49-40(52-43)46-35-20-10-3-11-21-35)44-53-41(47-36-22-12-4-13-23-36)50-42(54-44)48-37-24-14-5-15-25-37;;;;/h1-31H,(H2,45,46,49,51,52)(H2,47,48,50,53,54);;;;/q;2*+1;2*-1. The Balaban J connectivity index is 0.00000192. The molecular formula is C44H37N11Na2. The summed E-state index contributed by atoms with van der Waals surface area (Å²) >= 11 is 0. The van der Waals surface area contributed by atoms with Crippen molar-refractivity contribution in [3.63, 3.8) is 0 Å². The average molecular weight is 766 g/mol. The Kier molecular flexibility index (Phi) is 14.5. The Hall–Kier alpha value is -5.92. The molecule has 2 aromatic heterocycles. The minimum Gasteiger partial charge on any atom is -1.00 e. The zero-order valence-electron chi connectivity index (χ0n) is 33.5. The van der Waals surface area contributed by atoms with Crippen LogP contribution < -0.4 is 85.3 Å². The number of para-hydroxylation sites is 4. The Morgan fingerprint density at radius 3 is 0.930 bits per heavy atom. The van der Waals surface area contributed by atoms with Gasteiger partial charge in [0.25, 0.3) is 0 Å². The zero-order valence-corrected chi connectivity index (χ0v) is 35.5. The van der Waals surface area contributed by atoms with E-state index in [9.17, 15) is 0 Å². The summed E-state index contributed by atoms with van der Waals surface area (Å²) in [6.45, 7) is 0. The molecule has 0 aliphatic heterocycles. The first-order valence-corrected chi connectivity index (χ1v) is 17.6. The first-order valence-electron chi connectivity index (χ1n) is 17.6. The summed E-state index contributed by atoms with van der Waals surface area (Å²) in [5.41, 5.74) is 6.09. The molecule has 0 fully saturated rings. The van der Waals surface area contributed by atoms with Gasteiger partial charge in [-0.1, -0.05) is 127 Å². The van der Waals surface area contributed by atoms with E-state index in [0.29, 0.717) is 29.5 Å². The molecule has 8 aromatic rings. The van der Waals surface area contributed by atoms with Crippen molar-refractivity contribution >= 4 is 76.3 Å². The summed E-state index contributed by atoms with van der Waals surface area (Å²) in [5, 5.41) is 13.4. The van der Waals surface area contributed by atoms with Gasteiger partial charge in [0.05, 0.1) is 5.69 Å². The van der Waals surface area contributed by atoms with Gasteiger partial charge in [0, 0.05) is 22.7 Å². The van der Waals surface area contributed by atoms with Gasteiger partial charge in [-0.2, -0.15) is 29.9 Å². The van der Waals surface area contributed by atoms with Gasteiger partial charge >= 0.3 is 59.1 Å². The van der Waals surface area contributed by atoms with Crippen LogP contribution in [0.5, 0.6) is 0 Å². The summed E-state index contributed by atoms with van der Waals surface area (Å²) in [4.78, 5) is 31.1. The van der Waals surface area contributed by atoms with Gasteiger partial charge in [0.1, 0.15) is 0 Å². The number of aromatic nitrogens is 6. The smallest absolute Gasteiger partial charge is 1.00 e. The molecule has 11 nitrogen and oxygen atoms in total. The van der Waals surface area contributed by atoms with Crippen LogP contribution in [0.4, 0.5) is 64.1 Å². The predicted octanol–water partition coefficient (Wildman–Crippen LogP) is 4.90. The molecule has 0 saturated heterocycles. The van der Waals surface area contributed by atoms with Crippen LogP contribution in [-0.4, -0.2) is 29.9 Å². The topological polar surface area (TPSA) is 129 Å². The van der Waals surface area contributed by atoms with E-state index in [-0.39, 0.29) is 73.9 Å². The molecule has 0 aliphatic rings. The van der Waals surface area contributed by atoms with E-state index in [1.54, 1.807) is 4.90 Å². The molecule has 2 heterocycles. The number of benzene rings is 6. The Morgan fingerprint density at radius 1 is 0.333 bits per heavy atom. The maximum Gasteiger partial charge on any atom is 1.00 e. The third kappa shape index (κ3) is 11.3. The quantitative estimate of drug-likeness (QED) is 0.0946. The van der Waals surface area contributed by atoms with Crippen LogP contribution in [0.1, 0.15) is 14.0 Å². The van der Waals surface area contributed by atoms with E-state index in [2.05, 4.69) is 45.6 Å². The minimum atomic E-state index is 0. The normalized spacial score (nSPS) is 10.5. The second kappa shape index (κ2) is 20.3. The van der Waals surface area contributed by atoms with Gasteiger partial charge in [-0.05, 0) is 71.8 Å². The molecule has 0 aliphatic carbocycles. The van der Waals surface area contributed by atoms with Crippen LogP contribution in [0.15, 0.2) is 176 Å². The molecule has 57 heavy (non-hydrogen) atoms. The molecule has 0 amide bonds. The van der Waals surface area contributed by atoms with Gasteiger partial charge in [-0.25, -0.2) is 4.90 Å². The summed E-state index contributed by atoms with van der Waals surface area (Å²) in [5.74, 6) is 1.81. The van der Waals surface area contributed by atoms with Crippen LogP contribution in [0.2, 0.25) is 0 Å². The third-order valence-electron chi connectivity index (χ3n) is 8.19. The minimum absolute atomic E-state index is 0. The van der Waals surface area contributed by atoms with Gasteiger partial charge in [-0.3, -0.25) is 0 Å². The molecule has 4 N–H and O–H groups in total. The van der Waals surface area contributed by atoms with Gasteiger partial charge in [0.15, 0.2) is 0 Å². The van der Waals surface area contributed by atoms with Crippen LogP contribution in [0.3, 0.4) is 0 Å². The van der Waals surface area contributed by atoms with Crippen LogP contribution in [-0.2, 0) is 0 Å². The van der Waals surface area contributed by atoms with Crippen molar-refractivity contribution in [2.24, 2.45) is 0 Å². The summed E-state index contributed by atoms with van der Waals surface area (Å²) < 4.78 is 0. The van der Waals surface area contributed by atoms with E-state index in [4.69, 9.17) is 29.9 Å². The molecule has 0 unspecified atom stereocenters. The summed E-state index contributed by atoms with van der Waals surface area (Å²) in [6, 6.07) is 57.2. The predicted molar refractivity (Wildman–Crippen MR) is 224 cm³/mol. The fourth-order valence-corrected chi connectivity index (χ4v) is 5.57. The van der Waals surface area contributed by atoms with E-state index in [0.717, 1.165) is 33.9 Å². The number of nitrogens with one attached hydrogen (secondary N) is 4. The number of hydrogen-bond donors (Lipinski definition) is 4. The SMILES string of the molecule is C(=Cc1ccc(N(c2nc(Nc3ccccc3)nc(Nc3ccccc3)n2)c2nc(Nc3ccccc3)nc(Nc3ccccc3)n2)cc1)c1ccccc1.[H-].[H-].[Na+].[Na+]. The number of anilines is 11. The first kappa shape index (κ1) is 40.7. The Bertz CT molecular complexity index is 2240. The van der Waals surface area contributed by atoms with E-state index < -0.39 is 0 Å². The van der Waals surface area contributed by atoms with Crippen molar-refractivity contribution in [3.8, 4) is 0 Å². The van der Waals surface area contributed by atoms with Gasteiger partial charge < -0.3 is 24.1 Å². The molecule has 0 bridgehead atoms. The second-order valence-electron chi connectivity index (χ2n) is 12.2. The van der Waals surface area contributed by atoms with E-state index >= 15 is 0 Å². The molecule has 0 radical (unpaired) electrons. The maximum atomic E-state index is 4.95. The summed E-state index contributed by atoms with van der Waals surface area (Å²) in [7, 11) is 0. The average Bonchev–Trinajstić information content (AvgIpc) is 3.22. The van der Waals surface area contributed by atoms with Crippen LogP contribution >= 0.6 is 0 Å². The van der Waals surface area contributed by atoms with Crippen molar-refractivity contribution in [2.45, 2.75) is 0 Å². The van der Waals surface area contributed by atoms with Crippen molar-refractivity contribution in [2.75, 3.05) is 26.2 Å². The number of hydrogen-bond acceptors (Lipinski definition) is 11. The monoisotopic (exact) mass is 765 g/mol. The Morgan fingerprint density at radius 2 is 0.614 bits per heavy atom. The molecule has 8 rings (SSSR count). The van der Waals surface area contributed by atoms with Crippen LogP contribution in [0.25, 0.3) is 12.2 Å². The van der Waals surface area contributed by atoms with Gasteiger partial charge in [-0.15, -0.1) is 0 Å². The first-order chi connectivity index (χ1) is 27.2. The third-order valence-corrected chi connectivity index (χ3v) is 8.19. The summed E-state index contributed by atoms with van der Waals surface area (Å²) in [6.07, 6.45) is 4.15. The molecule has 0 spiro atoms. The molecule has 13 heteroatoms. The Labute approximate surface area is 378 Å². The second-order valence-corrected chi connectivity index (χ2v) is 12.2.